The van der Waals surface area contributed by atoms with Crippen LogP contribution in [-0.4, -0.2) is 36.9 Å². The van der Waals surface area contributed by atoms with Crippen LogP contribution in [0.5, 0.6) is 0 Å². The van der Waals surface area contributed by atoms with Gasteiger partial charge in [-0.3, -0.25) is 0 Å². The summed E-state index contributed by atoms with van der Waals surface area (Å²) in [5, 5.41) is 8.95. The topological polar surface area (TPSA) is 74.7 Å². The van der Waals surface area contributed by atoms with Crippen LogP contribution in [0, 0.1) is 6.92 Å². The van der Waals surface area contributed by atoms with Gasteiger partial charge in [0.05, 0.1) is 10.5 Å². The van der Waals surface area contributed by atoms with Crippen LogP contribution in [0.3, 0.4) is 0 Å². The van der Waals surface area contributed by atoms with Gasteiger partial charge in [-0.1, -0.05) is 6.42 Å². The monoisotopic (exact) mass is 283 g/mol. The molecule has 0 spiro atoms. The smallest absolute Gasteiger partial charge is 0.335 e. The molecule has 1 aliphatic rings. The highest BCUT2D eigenvalue weighted by molar-refractivity contribution is 7.89. The van der Waals surface area contributed by atoms with Crippen LogP contribution >= 0.6 is 0 Å². The van der Waals surface area contributed by atoms with E-state index in [2.05, 4.69) is 0 Å². The van der Waals surface area contributed by atoms with Gasteiger partial charge in [0.25, 0.3) is 0 Å². The first-order valence-corrected chi connectivity index (χ1v) is 7.71. The Bertz CT molecular complexity index is 589. The number of piperidine rings is 1. The lowest BCUT2D eigenvalue weighted by molar-refractivity contribution is 0.0696. The summed E-state index contributed by atoms with van der Waals surface area (Å²) in [7, 11) is -3.49. The molecular weight excluding hydrogens is 266 g/mol. The lowest BCUT2D eigenvalue weighted by Crippen LogP contribution is -2.35. The molecule has 1 aromatic carbocycles. The fourth-order valence-corrected chi connectivity index (χ4v) is 3.89. The number of aryl methyl sites for hydroxylation is 1. The van der Waals surface area contributed by atoms with Crippen molar-refractivity contribution in [1.82, 2.24) is 4.31 Å². The van der Waals surface area contributed by atoms with E-state index in [-0.39, 0.29) is 10.5 Å². The van der Waals surface area contributed by atoms with Gasteiger partial charge in [0, 0.05) is 13.1 Å². The highest BCUT2D eigenvalue weighted by Gasteiger charge is 2.26. The van der Waals surface area contributed by atoms with E-state index in [1.165, 1.54) is 22.5 Å². The molecular formula is C13H17NO4S. The predicted octanol–water partition coefficient (Wildman–Crippen LogP) is 1.87. The molecule has 0 aliphatic carbocycles. The Morgan fingerprint density at radius 2 is 1.84 bits per heavy atom. The molecule has 0 aromatic heterocycles. The molecule has 1 aromatic rings. The van der Waals surface area contributed by atoms with Gasteiger partial charge < -0.3 is 5.11 Å². The fraction of sp³-hybridized carbons (Fsp3) is 0.462. The number of nitrogens with zero attached hydrogens (tertiary/aromatic N) is 1. The van der Waals surface area contributed by atoms with Crippen LogP contribution in [0.4, 0.5) is 0 Å². The quantitative estimate of drug-likeness (QED) is 0.919. The van der Waals surface area contributed by atoms with Gasteiger partial charge in [0.15, 0.2) is 0 Å². The van der Waals surface area contributed by atoms with Gasteiger partial charge in [-0.15, -0.1) is 0 Å². The van der Waals surface area contributed by atoms with E-state index in [1.54, 1.807) is 6.92 Å². The number of benzene rings is 1. The second-order valence-corrected chi connectivity index (χ2v) is 6.68. The molecule has 0 unspecified atom stereocenters. The Morgan fingerprint density at radius 1 is 1.21 bits per heavy atom. The van der Waals surface area contributed by atoms with E-state index in [9.17, 15) is 13.2 Å². The zero-order valence-electron chi connectivity index (χ0n) is 10.8. The Balaban J connectivity index is 2.35. The van der Waals surface area contributed by atoms with Crippen molar-refractivity contribution in [2.45, 2.75) is 31.1 Å². The molecule has 1 fully saturated rings. The van der Waals surface area contributed by atoms with E-state index in [4.69, 9.17) is 5.11 Å². The van der Waals surface area contributed by atoms with Crippen molar-refractivity contribution >= 4 is 16.0 Å². The number of hydrogen-bond donors (Lipinski definition) is 1. The lowest BCUT2D eigenvalue weighted by Gasteiger charge is -2.26. The molecule has 0 radical (unpaired) electrons. The van der Waals surface area contributed by atoms with Crippen LogP contribution in [0.15, 0.2) is 23.1 Å². The lowest BCUT2D eigenvalue weighted by atomic mass is 10.1. The number of carboxylic acid groups (broad SMARTS) is 1. The SMILES string of the molecule is Cc1cc(S(=O)(=O)N2CCCCC2)ccc1C(=O)O. The van der Waals surface area contributed by atoms with Crippen molar-refractivity contribution in [3.8, 4) is 0 Å². The zero-order valence-corrected chi connectivity index (χ0v) is 11.6. The molecule has 1 aliphatic heterocycles. The molecule has 1 heterocycles. The maximum Gasteiger partial charge on any atom is 0.335 e. The Labute approximate surface area is 112 Å². The summed E-state index contributed by atoms with van der Waals surface area (Å²) in [6.45, 7) is 2.70. The third-order valence-corrected chi connectivity index (χ3v) is 5.28. The van der Waals surface area contributed by atoms with Crippen LogP contribution in [0.25, 0.3) is 0 Å². The zero-order chi connectivity index (χ0) is 14.0. The minimum absolute atomic E-state index is 0.137. The normalized spacial score (nSPS) is 17.3. The van der Waals surface area contributed by atoms with E-state index in [0.29, 0.717) is 18.7 Å². The second kappa shape index (κ2) is 5.30. The molecule has 1 N–H and O–H groups in total. The van der Waals surface area contributed by atoms with Crippen molar-refractivity contribution in [3.05, 3.63) is 29.3 Å². The second-order valence-electron chi connectivity index (χ2n) is 4.75. The first-order chi connectivity index (χ1) is 8.93. The Hall–Kier alpha value is -1.40. The molecule has 1 saturated heterocycles. The number of carboxylic acids is 1. The summed E-state index contributed by atoms with van der Waals surface area (Å²) in [5.74, 6) is -1.04. The Kier molecular flexibility index (Phi) is 3.91. The third-order valence-electron chi connectivity index (χ3n) is 3.38. The van der Waals surface area contributed by atoms with E-state index in [0.717, 1.165) is 19.3 Å². The summed E-state index contributed by atoms with van der Waals surface area (Å²) in [6, 6.07) is 4.17. The largest absolute Gasteiger partial charge is 0.478 e. The summed E-state index contributed by atoms with van der Waals surface area (Å²) in [5.41, 5.74) is 0.600. The first-order valence-electron chi connectivity index (χ1n) is 6.27. The van der Waals surface area contributed by atoms with Gasteiger partial charge in [-0.05, 0) is 43.5 Å². The summed E-state index contributed by atoms with van der Waals surface area (Å²) in [4.78, 5) is 11.1. The van der Waals surface area contributed by atoms with Gasteiger partial charge in [0.2, 0.25) is 10.0 Å². The number of hydrogen-bond acceptors (Lipinski definition) is 3. The third kappa shape index (κ3) is 2.79. The van der Waals surface area contributed by atoms with Crippen LogP contribution < -0.4 is 0 Å². The van der Waals surface area contributed by atoms with E-state index in [1.807, 2.05) is 0 Å². The first kappa shape index (κ1) is 14.0. The highest BCUT2D eigenvalue weighted by Crippen LogP contribution is 2.22. The molecule has 0 atom stereocenters. The molecule has 6 heteroatoms. The summed E-state index contributed by atoms with van der Waals surface area (Å²) >= 11 is 0. The maximum atomic E-state index is 12.4. The van der Waals surface area contributed by atoms with Crippen molar-refractivity contribution in [2.24, 2.45) is 0 Å². The van der Waals surface area contributed by atoms with Gasteiger partial charge in [-0.2, -0.15) is 4.31 Å². The van der Waals surface area contributed by atoms with E-state index >= 15 is 0 Å². The minimum atomic E-state index is -3.49. The summed E-state index contributed by atoms with van der Waals surface area (Å²) in [6.07, 6.45) is 2.82. The number of sulfonamides is 1. The number of rotatable bonds is 3. The molecule has 0 amide bonds. The van der Waals surface area contributed by atoms with Crippen LogP contribution in [0.2, 0.25) is 0 Å². The Morgan fingerprint density at radius 3 is 2.37 bits per heavy atom. The number of aromatic carboxylic acids is 1. The van der Waals surface area contributed by atoms with Gasteiger partial charge in [0.1, 0.15) is 0 Å². The van der Waals surface area contributed by atoms with Crippen molar-refractivity contribution in [2.75, 3.05) is 13.1 Å². The fourth-order valence-electron chi connectivity index (χ4n) is 2.29. The molecule has 2 rings (SSSR count). The van der Waals surface area contributed by atoms with Gasteiger partial charge in [-0.25, -0.2) is 13.2 Å². The van der Waals surface area contributed by atoms with E-state index < -0.39 is 16.0 Å². The predicted molar refractivity (Wildman–Crippen MR) is 70.7 cm³/mol. The van der Waals surface area contributed by atoms with Crippen molar-refractivity contribution in [1.29, 1.82) is 0 Å². The van der Waals surface area contributed by atoms with Crippen molar-refractivity contribution < 1.29 is 18.3 Å². The standard InChI is InChI=1S/C13H17NO4S/c1-10-9-11(5-6-12(10)13(15)16)19(17,18)14-7-3-2-4-8-14/h5-6,9H,2-4,7-8H2,1H3,(H,15,16). The molecule has 0 saturated carbocycles. The average molecular weight is 283 g/mol. The van der Waals surface area contributed by atoms with Gasteiger partial charge >= 0.3 is 5.97 Å². The molecule has 104 valence electrons. The minimum Gasteiger partial charge on any atom is -0.478 e. The van der Waals surface area contributed by atoms with Crippen LogP contribution in [-0.2, 0) is 10.0 Å². The molecule has 19 heavy (non-hydrogen) atoms. The van der Waals surface area contributed by atoms with Crippen LogP contribution in [0.1, 0.15) is 35.2 Å². The number of carbonyl (C=O) groups is 1. The highest BCUT2D eigenvalue weighted by atomic mass is 32.2. The molecule has 0 bridgehead atoms. The summed E-state index contributed by atoms with van der Waals surface area (Å²) < 4.78 is 26.3. The van der Waals surface area contributed by atoms with Crippen molar-refractivity contribution in [3.63, 3.8) is 0 Å². The maximum absolute atomic E-state index is 12.4. The average Bonchev–Trinajstić information content (AvgIpc) is 2.39. The molecule has 5 nitrogen and oxygen atoms in total.